The van der Waals surface area contributed by atoms with Gasteiger partial charge in [-0.1, -0.05) is 36.0 Å². The van der Waals surface area contributed by atoms with E-state index in [1.54, 1.807) is 23.9 Å². The lowest BCUT2D eigenvalue weighted by Crippen LogP contribution is -2.43. The third-order valence-electron chi connectivity index (χ3n) is 5.54. The Kier molecular flexibility index (Phi) is 5.01. The van der Waals surface area contributed by atoms with Crippen molar-refractivity contribution in [2.75, 3.05) is 6.54 Å². The minimum absolute atomic E-state index is 0.113. The van der Waals surface area contributed by atoms with Gasteiger partial charge in [-0.15, -0.1) is 0 Å². The Bertz CT molecular complexity index is 984. The molecule has 0 bridgehead atoms. The summed E-state index contributed by atoms with van der Waals surface area (Å²) in [6, 6.07) is 14.7. The van der Waals surface area contributed by atoms with Crippen LogP contribution in [0.25, 0.3) is 11.0 Å². The Morgan fingerprint density at radius 2 is 2.00 bits per heavy atom. The number of likely N-dealkylation sites (tertiary alicyclic amines) is 1. The minimum Gasteiger partial charge on any atom is -0.352 e. The van der Waals surface area contributed by atoms with E-state index >= 15 is 0 Å². The van der Waals surface area contributed by atoms with Crippen LogP contribution in [0.2, 0.25) is 0 Å². The van der Waals surface area contributed by atoms with Gasteiger partial charge < -0.3 is 10.3 Å². The van der Waals surface area contributed by atoms with Crippen molar-refractivity contribution in [3.63, 3.8) is 0 Å². The average molecular weight is 411 g/mol. The lowest BCUT2D eigenvalue weighted by Gasteiger charge is -2.23. The molecule has 1 aliphatic heterocycles. The number of nitrogens with one attached hydrogen (secondary N) is 2. The number of fused-ring (bicyclic) bond motifs is 1. The van der Waals surface area contributed by atoms with Gasteiger partial charge in [-0.25, -0.2) is 9.37 Å². The van der Waals surface area contributed by atoms with E-state index < -0.39 is 0 Å². The molecule has 0 radical (unpaired) electrons. The summed E-state index contributed by atoms with van der Waals surface area (Å²) < 4.78 is 13.3. The number of hydrogen-bond donors (Lipinski definition) is 2. The number of amides is 1. The van der Waals surface area contributed by atoms with Gasteiger partial charge in [0.05, 0.1) is 17.1 Å². The largest absolute Gasteiger partial charge is 0.352 e. The number of hydrogen-bond acceptors (Lipinski definition) is 4. The Hall–Kier alpha value is -2.38. The Morgan fingerprint density at radius 3 is 2.76 bits per heavy atom. The molecule has 2 N–H and O–H groups in total. The number of aromatic amines is 1. The van der Waals surface area contributed by atoms with Gasteiger partial charge in [0.25, 0.3) is 0 Å². The highest BCUT2D eigenvalue weighted by Crippen LogP contribution is 2.34. The van der Waals surface area contributed by atoms with E-state index in [4.69, 9.17) is 0 Å². The predicted molar refractivity (Wildman–Crippen MR) is 112 cm³/mol. The number of imidazole rings is 1. The maximum Gasteiger partial charge on any atom is 0.237 e. The zero-order chi connectivity index (χ0) is 19.8. The number of carbonyl (C=O) groups excluding carboxylic acids is 1. The van der Waals surface area contributed by atoms with Gasteiger partial charge >= 0.3 is 0 Å². The fraction of sp³-hybridized carbons (Fsp3) is 0.364. The molecule has 1 amide bonds. The zero-order valence-corrected chi connectivity index (χ0v) is 16.8. The lowest BCUT2D eigenvalue weighted by molar-refractivity contribution is -0.125. The number of benzene rings is 2. The van der Waals surface area contributed by atoms with Crippen molar-refractivity contribution >= 4 is 28.7 Å². The van der Waals surface area contributed by atoms with Crippen LogP contribution in [0.1, 0.15) is 24.8 Å². The second-order valence-corrected chi connectivity index (χ2v) is 9.18. The summed E-state index contributed by atoms with van der Waals surface area (Å²) in [5.74, 6) is -0.126. The number of nitrogens with zero attached hydrogens (tertiary/aromatic N) is 2. The third-order valence-corrected chi connectivity index (χ3v) is 6.63. The van der Waals surface area contributed by atoms with Crippen LogP contribution in [-0.2, 0) is 11.3 Å². The first-order chi connectivity index (χ1) is 14.1. The maximum atomic E-state index is 13.3. The molecular weight excluding hydrogens is 387 g/mol. The molecule has 2 aliphatic rings. The van der Waals surface area contributed by atoms with E-state index in [1.807, 2.05) is 24.3 Å². The SMILES string of the molecule is O=C(NC1CC1)[C@@H]1C[C@@H](Sc2nc3ccccc3[nH]2)CN1Cc1ccc(F)cc1. The molecule has 2 fully saturated rings. The number of carbonyl (C=O) groups is 1. The van der Waals surface area contributed by atoms with Gasteiger partial charge in [-0.3, -0.25) is 9.69 Å². The van der Waals surface area contributed by atoms with Crippen molar-refractivity contribution in [2.24, 2.45) is 0 Å². The van der Waals surface area contributed by atoms with Crippen LogP contribution in [0.5, 0.6) is 0 Å². The molecule has 2 aromatic carbocycles. The van der Waals surface area contributed by atoms with E-state index in [0.717, 1.165) is 47.6 Å². The highest BCUT2D eigenvalue weighted by atomic mass is 32.2. The topological polar surface area (TPSA) is 61.0 Å². The third kappa shape index (κ3) is 4.31. The summed E-state index contributed by atoms with van der Waals surface area (Å²) in [6.07, 6.45) is 2.93. The molecular formula is C22H23FN4OS. The van der Waals surface area contributed by atoms with Gasteiger partial charge in [-0.2, -0.15) is 0 Å². The number of para-hydroxylation sites is 2. The number of aromatic nitrogens is 2. The molecule has 3 aromatic rings. The van der Waals surface area contributed by atoms with Gasteiger partial charge in [0.2, 0.25) is 5.91 Å². The van der Waals surface area contributed by atoms with Crippen molar-refractivity contribution in [1.82, 2.24) is 20.2 Å². The van der Waals surface area contributed by atoms with Crippen LogP contribution in [0.15, 0.2) is 53.7 Å². The Labute approximate surface area is 173 Å². The lowest BCUT2D eigenvalue weighted by atomic mass is 10.1. The minimum atomic E-state index is -0.239. The standard InChI is InChI=1S/C22H23FN4OS/c23-15-7-5-14(6-8-15)12-27-13-17(11-20(27)21(28)24-16-9-10-16)29-22-25-18-3-1-2-4-19(18)26-22/h1-8,16-17,20H,9-13H2,(H,24,28)(H,25,26)/t17-,20+/m1/s1. The number of thioether (sulfide) groups is 1. The summed E-state index contributed by atoms with van der Waals surface area (Å²) in [7, 11) is 0. The molecule has 150 valence electrons. The smallest absolute Gasteiger partial charge is 0.237 e. The summed E-state index contributed by atoms with van der Waals surface area (Å²) in [5.41, 5.74) is 3.00. The fourth-order valence-electron chi connectivity index (χ4n) is 3.89. The van der Waals surface area contributed by atoms with Crippen LogP contribution < -0.4 is 5.32 Å². The van der Waals surface area contributed by atoms with Crippen LogP contribution in [0, 0.1) is 5.82 Å². The van der Waals surface area contributed by atoms with Crippen LogP contribution in [-0.4, -0.2) is 44.7 Å². The summed E-state index contributed by atoms with van der Waals surface area (Å²) in [5, 5.41) is 4.31. The monoisotopic (exact) mass is 410 g/mol. The summed E-state index contributed by atoms with van der Waals surface area (Å²) in [6.45, 7) is 1.43. The molecule has 5 nitrogen and oxygen atoms in total. The van der Waals surface area contributed by atoms with Crippen LogP contribution in [0.4, 0.5) is 4.39 Å². The molecule has 2 atom stereocenters. The first-order valence-electron chi connectivity index (χ1n) is 10.0. The molecule has 1 saturated heterocycles. The Balaban J connectivity index is 1.32. The van der Waals surface area contributed by atoms with Crippen molar-refractivity contribution in [2.45, 2.75) is 48.3 Å². The molecule has 1 aromatic heterocycles. The van der Waals surface area contributed by atoms with Gasteiger partial charge in [-0.05, 0) is 49.1 Å². The van der Waals surface area contributed by atoms with E-state index in [1.165, 1.54) is 12.1 Å². The van der Waals surface area contributed by atoms with Crippen LogP contribution in [0.3, 0.4) is 0 Å². The molecule has 5 rings (SSSR count). The van der Waals surface area contributed by atoms with Crippen LogP contribution >= 0.6 is 11.8 Å². The van der Waals surface area contributed by atoms with E-state index in [-0.39, 0.29) is 23.0 Å². The number of rotatable bonds is 6. The summed E-state index contributed by atoms with van der Waals surface area (Å²) >= 11 is 1.70. The first kappa shape index (κ1) is 18.6. The molecule has 7 heteroatoms. The molecule has 0 spiro atoms. The highest BCUT2D eigenvalue weighted by Gasteiger charge is 2.39. The second-order valence-electron chi connectivity index (χ2n) is 7.89. The van der Waals surface area contributed by atoms with Gasteiger partial charge in [0.15, 0.2) is 5.16 Å². The van der Waals surface area contributed by atoms with Gasteiger partial charge in [0.1, 0.15) is 5.82 Å². The Morgan fingerprint density at radius 1 is 1.21 bits per heavy atom. The van der Waals surface area contributed by atoms with E-state index in [2.05, 4.69) is 20.2 Å². The van der Waals surface area contributed by atoms with E-state index in [9.17, 15) is 9.18 Å². The highest BCUT2D eigenvalue weighted by molar-refractivity contribution is 7.99. The number of H-pyrrole nitrogens is 1. The fourth-order valence-corrected chi connectivity index (χ4v) is 5.07. The number of halogens is 1. The van der Waals surface area contributed by atoms with Gasteiger partial charge in [0, 0.05) is 24.4 Å². The molecule has 1 saturated carbocycles. The van der Waals surface area contributed by atoms with E-state index in [0.29, 0.717) is 12.6 Å². The maximum absolute atomic E-state index is 13.3. The predicted octanol–water partition coefficient (Wildman–Crippen LogP) is 3.72. The molecule has 1 aliphatic carbocycles. The molecule has 2 heterocycles. The normalized spacial score (nSPS) is 22.2. The first-order valence-corrected chi connectivity index (χ1v) is 10.9. The zero-order valence-electron chi connectivity index (χ0n) is 16.0. The quantitative estimate of drug-likeness (QED) is 0.650. The van der Waals surface area contributed by atoms with Crippen molar-refractivity contribution in [1.29, 1.82) is 0 Å². The summed E-state index contributed by atoms with van der Waals surface area (Å²) in [4.78, 5) is 23.1. The van der Waals surface area contributed by atoms with Crippen molar-refractivity contribution < 1.29 is 9.18 Å². The van der Waals surface area contributed by atoms with Crippen molar-refractivity contribution in [3.8, 4) is 0 Å². The molecule has 29 heavy (non-hydrogen) atoms. The van der Waals surface area contributed by atoms with Crippen molar-refractivity contribution in [3.05, 3.63) is 59.9 Å². The molecule has 0 unspecified atom stereocenters. The second kappa shape index (κ2) is 7.80. The average Bonchev–Trinajstić information content (AvgIpc) is 3.29.